The van der Waals surface area contributed by atoms with Crippen molar-refractivity contribution in [2.45, 2.75) is 52.0 Å². The number of hydrogen-bond acceptors (Lipinski definition) is 4. The van der Waals surface area contributed by atoms with E-state index in [0.29, 0.717) is 25.9 Å². The summed E-state index contributed by atoms with van der Waals surface area (Å²) >= 11 is 0. The number of aliphatic hydroxyl groups excluding tert-OH is 2. The topological polar surface area (TPSA) is 69.7 Å². The Hall–Kier alpha value is -0.160. The van der Waals surface area contributed by atoms with Gasteiger partial charge >= 0.3 is 0 Å². The lowest BCUT2D eigenvalue weighted by Gasteiger charge is -2.31. The van der Waals surface area contributed by atoms with Crippen LogP contribution in [0.4, 0.5) is 0 Å². The third kappa shape index (κ3) is 4.91. The van der Waals surface area contributed by atoms with Crippen LogP contribution in [-0.4, -0.2) is 40.7 Å². The first-order valence-electron chi connectivity index (χ1n) is 5.49. The summed E-state index contributed by atoms with van der Waals surface area (Å²) in [5.41, 5.74) is 5.43. The first kappa shape index (κ1) is 13.8. The molecule has 14 heavy (non-hydrogen) atoms. The zero-order chi connectivity index (χ0) is 11.0. The Morgan fingerprint density at radius 2 is 1.50 bits per heavy atom. The van der Waals surface area contributed by atoms with E-state index >= 15 is 0 Å². The number of rotatable bonds is 8. The van der Waals surface area contributed by atoms with Crippen LogP contribution >= 0.6 is 0 Å². The van der Waals surface area contributed by atoms with E-state index in [-0.39, 0.29) is 0 Å². The lowest BCUT2D eigenvalue weighted by Crippen LogP contribution is -2.45. The predicted octanol–water partition coefficient (Wildman–Crippen LogP) is 0.484. The van der Waals surface area contributed by atoms with E-state index in [1.807, 2.05) is 13.8 Å². The fourth-order valence-electron chi connectivity index (χ4n) is 1.49. The molecule has 4 nitrogen and oxygen atoms in total. The Kier molecular flexibility index (Phi) is 8.08. The van der Waals surface area contributed by atoms with Gasteiger partial charge in [0, 0.05) is 13.1 Å². The highest BCUT2D eigenvalue weighted by molar-refractivity contribution is 4.65. The van der Waals surface area contributed by atoms with Gasteiger partial charge in [-0.3, -0.25) is 4.90 Å². The van der Waals surface area contributed by atoms with Gasteiger partial charge in [0.2, 0.25) is 0 Å². The van der Waals surface area contributed by atoms with Crippen molar-refractivity contribution in [3.8, 4) is 0 Å². The van der Waals surface area contributed by atoms with Gasteiger partial charge in [0.15, 0.2) is 0 Å². The van der Waals surface area contributed by atoms with Crippen molar-refractivity contribution < 1.29 is 10.2 Å². The number of nitrogens with zero attached hydrogens (tertiary/aromatic N) is 1. The monoisotopic (exact) mass is 204 g/mol. The smallest absolute Gasteiger partial charge is 0.109 e. The minimum absolute atomic E-state index is 0.460. The number of aliphatic hydroxyl groups is 2. The molecule has 0 rings (SSSR count). The molecule has 0 saturated heterocycles. The van der Waals surface area contributed by atoms with Crippen LogP contribution < -0.4 is 5.73 Å². The molecule has 2 unspecified atom stereocenters. The van der Waals surface area contributed by atoms with Crippen LogP contribution in [0, 0.1) is 0 Å². The molecule has 0 spiro atoms. The molecule has 0 aliphatic carbocycles. The normalized spacial score (nSPS) is 15.9. The molecule has 4 heteroatoms. The van der Waals surface area contributed by atoms with Crippen LogP contribution in [-0.2, 0) is 0 Å². The van der Waals surface area contributed by atoms with Crippen molar-refractivity contribution in [3.05, 3.63) is 0 Å². The summed E-state index contributed by atoms with van der Waals surface area (Å²) in [5.74, 6) is 0. The molecule has 0 saturated carbocycles. The van der Waals surface area contributed by atoms with E-state index < -0.39 is 12.5 Å². The largest absolute Gasteiger partial charge is 0.378 e. The van der Waals surface area contributed by atoms with Gasteiger partial charge in [0.05, 0.1) is 0 Å². The summed E-state index contributed by atoms with van der Waals surface area (Å²) in [6, 6.07) is 0. The van der Waals surface area contributed by atoms with Gasteiger partial charge in [-0.05, 0) is 12.8 Å². The second-order valence-electron chi connectivity index (χ2n) is 3.57. The maximum atomic E-state index is 9.75. The molecule has 2 atom stereocenters. The fraction of sp³-hybridized carbons (Fsp3) is 1.00. The van der Waals surface area contributed by atoms with Crippen LogP contribution in [0.2, 0.25) is 0 Å². The molecule has 0 fully saturated rings. The van der Waals surface area contributed by atoms with Crippen LogP contribution in [0.25, 0.3) is 0 Å². The quantitative estimate of drug-likeness (QED) is 0.503. The zero-order valence-corrected chi connectivity index (χ0v) is 9.32. The third-order valence-electron chi connectivity index (χ3n) is 2.25. The molecule has 86 valence electrons. The van der Waals surface area contributed by atoms with E-state index in [1.54, 1.807) is 4.90 Å². The molecule has 0 aromatic rings. The lowest BCUT2D eigenvalue weighted by atomic mass is 10.2. The van der Waals surface area contributed by atoms with E-state index in [0.717, 1.165) is 12.8 Å². The minimum atomic E-state index is -0.565. The van der Waals surface area contributed by atoms with Crippen molar-refractivity contribution in [2.75, 3.05) is 13.1 Å². The SMILES string of the molecule is CCCC(O)N(CCN)C(O)CCC. The average molecular weight is 204 g/mol. The molecule has 0 aromatic heterocycles. The van der Waals surface area contributed by atoms with Crippen molar-refractivity contribution >= 4 is 0 Å². The number of nitrogens with two attached hydrogens (primary N) is 1. The molecular formula is C10H24N2O2. The van der Waals surface area contributed by atoms with Gasteiger partial charge in [0.25, 0.3) is 0 Å². The molecule has 0 amide bonds. The molecule has 0 aromatic carbocycles. The lowest BCUT2D eigenvalue weighted by molar-refractivity contribution is -0.106. The van der Waals surface area contributed by atoms with E-state index in [1.165, 1.54) is 0 Å². The van der Waals surface area contributed by atoms with Crippen LogP contribution in [0.5, 0.6) is 0 Å². The van der Waals surface area contributed by atoms with Gasteiger partial charge in [-0.15, -0.1) is 0 Å². The van der Waals surface area contributed by atoms with Crippen molar-refractivity contribution in [1.82, 2.24) is 4.90 Å². The standard InChI is InChI=1S/C10H24N2O2/c1-3-5-9(13)12(8-7-11)10(14)6-4-2/h9-10,13-14H,3-8,11H2,1-2H3. The summed E-state index contributed by atoms with van der Waals surface area (Å²) in [6.07, 6.45) is 2.04. The maximum absolute atomic E-state index is 9.75. The van der Waals surface area contributed by atoms with Crippen molar-refractivity contribution in [1.29, 1.82) is 0 Å². The Balaban J connectivity index is 4.10. The van der Waals surface area contributed by atoms with Gasteiger partial charge in [-0.1, -0.05) is 26.7 Å². The van der Waals surface area contributed by atoms with Crippen LogP contribution in [0.1, 0.15) is 39.5 Å². The Bertz CT molecular complexity index is 121. The summed E-state index contributed by atoms with van der Waals surface area (Å²) in [4.78, 5) is 1.67. The van der Waals surface area contributed by atoms with Gasteiger partial charge < -0.3 is 15.9 Å². The molecule has 0 aliphatic heterocycles. The number of hydrogen-bond donors (Lipinski definition) is 3. The van der Waals surface area contributed by atoms with Gasteiger partial charge in [0.1, 0.15) is 12.5 Å². The molecular weight excluding hydrogens is 180 g/mol. The summed E-state index contributed by atoms with van der Waals surface area (Å²) < 4.78 is 0. The Morgan fingerprint density at radius 3 is 1.79 bits per heavy atom. The van der Waals surface area contributed by atoms with E-state index in [2.05, 4.69) is 0 Å². The molecule has 0 aliphatic rings. The Morgan fingerprint density at radius 1 is 1.07 bits per heavy atom. The highest BCUT2D eigenvalue weighted by Crippen LogP contribution is 2.10. The highest BCUT2D eigenvalue weighted by atomic mass is 16.3. The molecule has 0 radical (unpaired) electrons. The van der Waals surface area contributed by atoms with Crippen molar-refractivity contribution in [3.63, 3.8) is 0 Å². The van der Waals surface area contributed by atoms with E-state index in [9.17, 15) is 10.2 Å². The van der Waals surface area contributed by atoms with Crippen LogP contribution in [0.15, 0.2) is 0 Å². The van der Waals surface area contributed by atoms with E-state index in [4.69, 9.17) is 5.73 Å². The molecule has 0 heterocycles. The molecule has 0 bridgehead atoms. The Labute approximate surface area is 86.7 Å². The summed E-state index contributed by atoms with van der Waals surface area (Å²) in [7, 11) is 0. The third-order valence-corrected chi connectivity index (χ3v) is 2.25. The second kappa shape index (κ2) is 8.17. The second-order valence-corrected chi connectivity index (χ2v) is 3.57. The maximum Gasteiger partial charge on any atom is 0.109 e. The van der Waals surface area contributed by atoms with Crippen LogP contribution in [0.3, 0.4) is 0 Å². The average Bonchev–Trinajstić information content (AvgIpc) is 2.14. The first-order valence-corrected chi connectivity index (χ1v) is 5.49. The zero-order valence-electron chi connectivity index (χ0n) is 9.32. The molecule has 4 N–H and O–H groups in total. The van der Waals surface area contributed by atoms with Gasteiger partial charge in [-0.25, -0.2) is 0 Å². The fourth-order valence-corrected chi connectivity index (χ4v) is 1.49. The first-order chi connectivity index (χ1) is 6.67. The summed E-state index contributed by atoms with van der Waals surface area (Å²) in [6.45, 7) is 5.02. The minimum Gasteiger partial charge on any atom is -0.378 e. The van der Waals surface area contributed by atoms with Gasteiger partial charge in [-0.2, -0.15) is 0 Å². The van der Waals surface area contributed by atoms with Crippen molar-refractivity contribution in [2.24, 2.45) is 5.73 Å². The predicted molar refractivity (Wildman–Crippen MR) is 57.6 cm³/mol. The highest BCUT2D eigenvalue weighted by Gasteiger charge is 2.20. The summed E-state index contributed by atoms with van der Waals surface area (Å²) in [5, 5.41) is 19.5.